The van der Waals surface area contributed by atoms with Gasteiger partial charge in [0.1, 0.15) is 5.78 Å². The first-order chi connectivity index (χ1) is 12.0. The van der Waals surface area contributed by atoms with Gasteiger partial charge >= 0.3 is 0 Å². The zero-order chi connectivity index (χ0) is 18.9. The maximum atomic E-state index is 10.8. The maximum absolute atomic E-state index is 10.8. The molecule has 0 bridgehead atoms. The third kappa shape index (κ3) is 17.2. The van der Waals surface area contributed by atoms with Crippen molar-refractivity contribution in [3.8, 4) is 0 Å². The van der Waals surface area contributed by atoms with Gasteiger partial charge in [-0.25, -0.2) is 0 Å². The SMILES string of the molecule is CC[C@@H](C)/C=C/CCC[C@@H](O)/C=C/C=C/C=C\[C@@H](O)CCCC(C)=O. The van der Waals surface area contributed by atoms with Gasteiger partial charge in [-0.1, -0.05) is 68.9 Å². The second-order valence-electron chi connectivity index (χ2n) is 6.63. The quantitative estimate of drug-likeness (QED) is 0.266. The molecule has 0 spiro atoms. The largest absolute Gasteiger partial charge is 0.389 e. The van der Waals surface area contributed by atoms with E-state index in [0.717, 1.165) is 25.7 Å². The number of hydrogen-bond acceptors (Lipinski definition) is 3. The molecule has 0 aromatic carbocycles. The maximum Gasteiger partial charge on any atom is 0.129 e. The summed E-state index contributed by atoms with van der Waals surface area (Å²) in [6.45, 7) is 5.96. The van der Waals surface area contributed by atoms with E-state index in [-0.39, 0.29) is 5.78 Å². The Morgan fingerprint density at radius 1 is 0.920 bits per heavy atom. The van der Waals surface area contributed by atoms with Gasteiger partial charge in [0, 0.05) is 6.42 Å². The minimum absolute atomic E-state index is 0.159. The molecule has 0 aromatic rings. The Labute approximate surface area is 153 Å². The average Bonchev–Trinajstić information content (AvgIpc) is 2.57. The molecule has 0 heterocycles. The predicted molar refractivity (Wildman–Crippen MR) is 106 cm³/mol. The molecular formula is C22H36O3. The van der Waals surface area contributed by atoms with E-state index in [1.54, 1.807) is 25.2 Å². The summed E-state index contributed by atoms with van der Waals surface area (Å²) in [5.41, 5.74) is 0. The first kappa shape index (κ1) is 23.5. The number of hydrogen-bond donors (Lipinski definition) is 2. The Bertz CT molecular complexity index is 446. The lowest BCUT2D eigenvalue weighted by molar-refractivity contribution is -0.117. The summed E-state index contributed by atoms with van der Waals surface area (Å²) < 4.78 is 0. The Kier molecular flexibility index (Phi) is 15.1. The van der Waals surface area contributed by atoms with Gasteiger partial charge in [0.05, 0.1) is 12.2 Å². The number of Topliss-reactive ketones (excluding diaryl/α,β-unsaturated/α-hetero) is 1. The van der Waals surface area contributed by atoms with Gasteiger partial charge in [0.25, 0.3) is 0 Å². The van der Waals surface area contributed by atoms with Crippen LogP contribution < -0.4 is 0 Å². The molecule has 0 unspecified atom stereocenters. The van der Waals surface area contributed by atoms with Gasteiger partial charge in [-0.2, -0.15) is 0 Å². The summed E-state index contributed by atoms with van der Waals surface area (Å²) in [7, 11) is 0. The van der Waals surface area contributed by atoms with Crippen LogP contribution in [-0.2, 0) is 4.79 Å². The number of ketones is 1. The zero-order valence-corrected chi connectivity index (χ0v) is 16.1. The van der Waals surface area contributed by atoms with Crippen LogP contribution in [0.25, 0.3) is 0 Å². The molecule has 0 rings (SSSR count). The lowest BCUT2D eigenvalue weighted by Gasteiger charge is -2.03. The minimum atomic E-state index is -0.512. The molecule has 0 aromatic heterocycles. The highest BCUT2D eigenvalue weighted by Crippen LogP contribution is 2.07. The van der Waals surface area contributed by atoms with Crippen LogP contribution in [0.15, 0.2) is 48.6 Å². The first-order valence-corrected chi connectivity index (χ1v) is 9.49. The van der Waals surface area contributed by atoms with E-state index in [2.05, 4.69) is 26.0 Å². The highest BCUT2D eigenvalue weighted by Gasteiger charge is 2.00. The Morgan fingerprint density at radius 2 is 1.48 bits per heavy atom. The third-order valence-electron chi connectivity index (χ3n) is 4.01. The van der Waals surface area contributed by atoms with Crippen molar-refractivity contribution in [3.63, 3.8) is 0 Å². The average molecular weight is 349 g/mol. The van der Waals surface area contributed by atoms with Crippen molar-refractivity contribution < 1.29 is 15.0 Å². The third-order valence-corrected chi connectivity index (χ3v) is 4.01. The van der Waals surface area contributed by atoms with E-state index in [1.807, 2.05) is 18.2 Å². The molecule has 2 N–H and O–H groups in total. The molecule has 3 nitrogen and oxygen atoms in total. The molecule has 0 aliphatic rings. The molecule has 3 atom stereocenters. The number of aliphatic hydroxyl groups is 2. The summed E-state index contributed by atoms with van der Waals surface area (Å²) in [5, 5.41) is 19.6. The number of aliphatic hydroxyl groups excluding tert-OH is 2. The second kappa shape index (κ2) is 16.0. The van der Waals surface area contributed by atoms with Crippen molar-refractivity contribution in [3.05, 3.63) is 48.6 Å². The van der Waals surface area contributed by atoms with Crippen molar-refractivity contribution in [1.29, 1.82) is 0 Å². The molecule has 25 heavy (non-hydrogen) atoms. The molecular weight excluding hydrogens is 312 g/mol. The van der Waals surface area contributed by atoms with Crippen LogP contribution >= 0.6 is 0 Å². The predicted octanol–water partition coefficient (Wildman–Crippen LogP) is 4.91. The van der Waals surface area contributed by atoms with E-state index in [4.69, 9.17) is 0 Å². The zero-order valence-electron chi connectivity index (χ0n) is 16.1. The number of allylic oxidation sites excluding steroid dienone is 6. The van der Waals surface area contributed by atoms with E-state index in [9.17, 15) is 15.0 Å². The molecule has 0 aliphatic heterocycles. The van der Waals surface area contributed by atoms with Crippen molar-refractivity contribution in [2.24, 2.45) is 5.92 Å². The van der Waals surface area contributed by atoms with Gasteiger partial charge in [0.2, 0.25) is 0 Å². The van der Waals surface area contributed by atoms with Crippen LogP contribution in [0.5, 0.6) is 0 Å². The summed E-state index contributed by atoms with van der Waals surface area (Å²) in [5.74, 6) is 0.793. The van der Waals surface area contributed by atoms with E-state index < -0.39 is 12.2 Å². The van der Waals surface area contributed by atoms with E-state index in [0.29, 0.717) is 25.2 Å². The normalized spacial score (nSPS) is 16.4. The topological polar surface area (TPSA) is 57.5 Å². The van der Waals surface area contributed by atoms with Crippen LogP contribution in [0.4, 0.5) is 0 Å². The van der Waals surface area contributed by atoms with E-state index >= 15 is 0 Å². The molecule has 0 saturated carbocycles. The van der Waals surface area contributed by atoms with Crippen molar-refractivity contribution in [1.82, 2.24) is 0 Å². The van der Waals surface area contributed by atoms with Crippen LogP contribution in [0.2, 0.25) is 0 Å². The lowest BCUT2D eigenvalue weighted by Crippen LogP contribution is -2.02. The monoisotopic (exact) mass is 348 g/mol. The molecule has 0 fully saturated rings. The van der Waals surface area contributed by atoms with Crippen LogP contribution in [-0.4, -0.2) is 28.2 Å². The highest BCUT2D eigenvalue weighted by molar-refractivity contribution is 5.75. The fraction of sp³-hybridized carbons (Fsp3) is 0.591. The second-order valence-corrected chi connectivity index (χ2v) is 6.63. The number of carbonyl (C=O) groups is 1. The van der Waals surface area contributed by atoms with Crippen molar-refractivity contribution in [2.75, 3.05) is 0 Å². The molecule has 142 valence electrons. The Balaban J connectivity index is 3.82. The van der Waals surface area contributed by atoms with Gasteiger partial charge in [-0.3, -0.25) is 0 Å². The van der Waals surface area contributed by atoms with Gasteiger partial charge in [-0.15, -0.1) is 0 Å². The standard InChI is InChI=1S/C22H36O3/c1-4-19(2)13-8-7-11-17-21(24)15-9-5-6-10-16-22(25)18-12-14-20(3)23/h5-6,8-10,13,15-16,19,21-22,24-25H,4,7,11-12,14,17-18H2,1-3H3/b6-5+,13-8+,15-9+,16-10-/t19-,21+,22-/m1/s1. The van der Waals surface area contributed by atoms with Crippen LogP contribution in [0.1, 0.15) is 65.7 Å². The summed E-state index contributed by atoms with van der Waals surface area (Å²) >= 11 is 0. The van der Waals surface area contributed by atoms with E-state index in [1.165, 1.54) is 0 Å². The highest BCUT2D eigenvalue weighted by atomic mass is 16.3. The molecule has 0 saturated heterocycles. The van der Waals surface area contributed by atoms with Gasteiger partial charge in [-0.05, 0) is 44.9 Å². The molecule has 0 radical (unpaired) electrons. The number of carbonyl (C=O) groups excluding carboxylic acids is 1. The molecule has 0 amide bonds. The van der Waals surface area contributed by atoms with Crippen LogP contribution in [0.3, 0.4) is 0 Å². The van der Waals surface area contributed by atoms with Gasteiger partial charge < -0.3 is 15.0 Å². The molecule has 3 heteroatoms. The summed E-state index contributed by atoms with van der Waals surface area (Å²) in [6, 6.07) is 0. The first-order valence-electron chi connectivity index (χ1n) is 9.49. The van der Waals surface area contributed by atoms with Crippen molar-refractivity contribution in [2.45, 2.75) is 77.9 Å². The van der Waals surface area contributed by atoms with Gasteiger partial charge in [0.15, 0.2) is 0 Å². The van der Waals surface area contributed by atoms with Crippen LogP contribution in [0, 0.1) is 5.92 Å². The molecule has 0 aliphatic carbocycles. The number of unbranched alkanes of at least 4 members (excludes halogenated alkanes) is 1. The summed E-state index contributed by atoms with van der Waals surface area (Å²) in [4.78, 5) is 10.8. The Hall–Kier alpha value is -1.45. The van der Waals surface area contributed by atoms with Crippen molar-refractivity contribution >= 4 is 5.78 Å². The smallest absolute Gasteiger partial charge is 0.129 e. The summed E-state index contributed by atoms with van der Waals surface area (Å²) in [6.07, 6.45) is 20.0. The fourth-order valence-electron chi connectivity index (χ4n) is 2.18. The Morgan fingerprint density at radius 3 is 2.00 bits per heavy atom. The minimum Gasteiger partial charge on any atom is -0.389 e. The fourth-order valence-corrected chi connectivity index (χ4v) is 2.18. The number of rotatable bonds is 14. The lowest BCUT2D eigenvalue weighted by atomic mass is 10.1.